The first-order valence-corrected chi connectivity index (χ1v) is 11.2. The number of hydrogen-bond acceptors (Lipinski definition) is 3. The predicted octanol–water partition coefficient (Wildman–Crippen LogP) is 5.98. The molecule has 1 N–H and O–H groups in total. The SMILES string of the molecule is Cc1ccc(-c2nc(C(=O)N3CC=C(c4c[nH]c5cc(F)ccc45)CC3)cs2)c(C)c1. The summed E-state index contributed by atoms with van der Waals surface area (Å²) in [5.41, 5.74) is 6.99. The van der Waals surface area contributed by atoms with E-state index in [2.05, 4.69) is 48.1 Å². The highest BCUT2D eigenvalue weighted by atomic mass is 32.1. The Labute approximate surface area is 184 Å². The molecule has 2 aromatic carbocycles. The maximum absolute atomic E-state index is 13.5. The Morgan fingerprint density at radius 2 is 2.03 bits per heavy atom. The Bertz CT molecular complexity index is 1330. The molecular formula is C25H22FN3OS. The summed E-state index contributed by atoms with van der Waals surface area (Å²) in [5.74, 6) is -0.290. The minimum Gasteiger partial charge on any atom is -0.360 e. The third kappa shape index (κ3) is 3.68. The van der Waals surface area contributed by atoms with E-state index in [1.165, 1.54) is 34.6 Å². The number of aromatic nitrogens is 2. The zero-order valence-corrected chi connectivity index (χ0v) is 18.2. The van der Waals surface area contributed by atoms with Crippen molar-refractivity contribution in [3.63, 3.8) is 0 Å². The molecule has 0 aliphatic carbocycles. The van der Waals surface area contributed by atoms with E-state index in [1.807, 2.05) is 16.5 Å². The lowest BCUT2D eigenvalue weighted by atomic mass is 9.99. The number of halogens is 1. The second-order valence-electron chi connectivity index (χ2n) is 7.98. The number of aryl methyl sites for hydroxylation is 2. The first-order chi connectivity index (χ1) is 15.0. The summed E-state index contributed by atoms with van der Waals surface area (Å²) in [7, 11) is 0. The van der Waals surface area contributed by atoms with E-state index in [0.29, 0.717) is 18.8 Å². The van der Waals surface area contributed by atoms with Gasteiger partial charge in [-0.3, -0.25) is 4.79 Å². The van der Waals surface area contributed by atoms with Gasteiger partial charge in [0, 0.05) is 46.7 Å². The summed E-state index contributed by atoms with van der Waals surface area (Å²) >= 11 is 1.51. The molecule has 4 nitrogen and oxygen atoms in total. The molecule has 31 heavy (non-hydrogen) atoms. The lowest BCUT2D eigenvalue weighted by Gasteiger charge is -2.25. The molecule has 0 radical (unpaired) electrons. The molecule has 0 unspecified atom stereocenters. The number of nitrogens with zero attached hydrogens (tertiary/aromatic N) is 2. The minimum atomic E-state index is -0.251. The van der Waals surface area contributed by atoms with Crippen molar-refractivity contribution < 1.29 is 9.18 Å². The molecule has 0 spiro atoms. The van der Waals surface area contributed by atoms with Crippen LogP contribution in [0.5, 0.6) is 0 Å². The summed E-state index contributed by atoms with van der Waals surface area (Å²) in [6.07, 6.45) is 4.76. The topological polar surface area (TPSA) is 49.0 Å². The fourth-order valence-electron chi connectivity index (χ4n) is 4.17. The highest BCUT2D eigenvalue weighted by Gasteiger charge is 2.23. The molecule has 4 aromatic rings. The maximum atomic E-state index is 13.5. The number of rotatable bonds is 3. The van der Waals surface area contributed by atoms with E-state index < -0.39 is 0 Å². The van der Waals surface area contributed by atoms with Gasteiger partial charge in [-0.05, 0) is 49.6 Å². The predicted molar refractivity (Wildman–Crippen MR) is 124 cm³/mol. The minimum absolute atomic E-state index is 0.0384. The van der Waals surface area contributed by atoms with Gasteiger partial charge in [0.15, 0.2) is 0 Å². The van der Waals surface area contributed by atoms with Gasteiger partial charge in [0.1, 0.15) is 16.5 Å². The summed E-state index contributed by atoms with van der Waals surface area (Å²) in [4.78, 5) is 22.6. The lowest BCUT2D eigenvalue weighted by molar-refractivity contribution is 0.0768. The van der Waals surface area contributed by atoms with Crippen molar-refractivity contribution in [2.75, 3.05) is 13.1 Å². The van der Waals surface area contributed by atoms with Crippen LogP contribution in [0.4, 0.5) is 4.39 Å². The zero-order chi connectivity index (χ0) is 21.5. The van der Waals surface area contributed by atoms with Crippen LogP contribution in [-0.2, 0) is 0 Å². The Hall–Kier alpha value is -3.25. The number of nitrogens with one attached hydrogen (secondary N) is 1. The average molecular weight is 432 g/mol. The molecule has 2 aromatic heterocycles. The van der Waals surface area contributed by atoms with Gasteiger partial charge in [0.2, 0.25) is 0 Å². The number of benzene rings is 2. The number of amides is 1. The standard InChI is InChI=1S/C25H22FN3OS/c1-15-3-5-19(16(2)11-15)24-28-23(14-31-24)25(30)29-9-7-17(8-10-29)21-13-27-22-12-18(26)4-6-20(21)22/h3-7,11-14,27H,8-10H2,1-2H3. The van der Waals surface area contributed by atoms with E-state index in [0.717, 1.165) is 39.0 Å². The second-order valence-corrected chi connectivity index (χ2v) is 8.84. The smallest absolute Gasteiger partial charge is 0.273 e. The molecule has 1 aliphatic rings. The fraction of sp³-hybridized carbons (Fsp3) is 0.200. The summed E-state index contributed by atoms with van der Waals surface area (Å²) in [6.45, 7) is 5.31. The van der Waals surface area contributed by atoms with Crippen molar-refractivity contribution >= 4 is 33.7 Å². The molecule has 1 amide bonds. The highest BCUT2D eigenvalue weighted by molar-refractivity contribution is 7.13. The monoisotopic (exact) mass is 431 g/mol. The van der Waals surface area contributed by atoms with E-state index >= 15 is 0 Å². The number of aromatic amines is 1. The van der Waals surface area contributed by atoms with Crippen LogP contribution in [0.1, 0.15) is 33.6 Å². The molecule has 0 bridgehead atoms. The molecule has 0 fully saturated rings. The number of carbonyl (C=O) groups excluding carboxylic acids is 1. The van der Waals surface area contributed by atoms with Crippen molar-refractivity contribution in [3.8, 4) is 10.6 Å². The Kier molecular flexibility index (Phi) is 4.94. The third-order valence-corrected chi connectivity index (χ3v) is 6.70. The highest BCUT2D eigenvalue weighted by Crippen LogP contribution is 2.31. The first kappa shape index (κ1) is 19.7. The maximum Gasteiger partial charge on any atom is 0.273 e. The fourth-order valence-corrected chi connectivity index (χ4v) is 5.06. The van der Waals surface area contributed by atoms with Gasteiger partial charge in [0.25, 0.3) is 5.91 Å². The van der Waals surface area contributed by atoms with Gasteiger partial charge in [-0.15, -0.1) is 11.3 Å². The van der Waals surface area contributed by atoms with Gasteiger partial charge in [-0.25, -0.2) is 9.37 Å². The van der Waals surface area contributed by atoms with Crippen molar-refractivity contribution in [3.05, 3.63) is 82.3 Å². The van der Waals surface area contributed by atoms with Gasteiger partial charge < -0.3 is 9.88 Å². The van der Waals surface area contributed by atoms with Crippen LogP contribution in [0.15, 0.2) is 54.1 Å². The number of carbonyl (C=O) groups is 1. The number of hydrogen-bond donors (Lipinski definition) is 1. The molecule has 156 valence electrons. The summed E-state index contributed by atoms with van der Waals surface area (Å²) in [6, 6.07) is 11.1. The van der Waals surface area contributed by atoms with Crippen LogP contribution >= 0.6 is 11.3 Å². The van der Waals surface area contributed by atoms with Crippen molar-refractivity contribution in [1.29, 1.82) is 0 Å². The van der Waals surface area contributed by atoms with E-state index in [-0.39, 0.29) is 11.7 Å². The van der Waals surface area contributed by atoms with Crippen LogP contribution in [0, 0.1) is 19.7 Å². The van der Waals surface area contributed by atoms with Crippen LogP contribution < -0.4 is 0 Å². The van der Waals surface area contributed by atoms with E-state index in [9.17, 15) is 9.18 Å². The normalized spacial score (nSPS) is 14.2. The van der Waals surface area contributed by atoms with Crippen LogP contribution in [-0.4, -0.2) is 33.9 Å². The zero-order valence-electron chi connectivity index (χ0n) is 17.4. The van der Waals surface area contributed by atoms with Crippen LogP contribution in [0.25, 0.3) is 27.0 Å². The van der Waals surface area contributed by atoms with Gasteiger partial charge in [-0.1, -0.05) is 29.8 Å². The molecule has 0 saturated heterocycles. The van der Waals surface area contributed by atoms with Crippen LogP contribution in [0.3, 0.4) is 0 Å². The third-order valence-electron chi connectivity index (χ3n) is 5.82. The van der Waals surface area contributed by atoms with Gasteiger partial charge in [0.05, 0.1) is 0 Å². The van der Waals surface area contributed by atoms with Gasteiger partial charge in [-0.2, -0.15) is 0 Å². The molecule has 1 aliphatic heterocycles. The number of fused-ring (bicyclic) bond motifs is 1. The number of H-pyrrole nitrogens is 1. The lowest BCUT2D eigenvalue weighted by Crippen LogP contribution is -2.34. The molecule has 3 heterocycles. The van der Waals surface area contributed by atoms with E-state index in [4.69, 9.17) is 0 Å². The summed E-state index contributed by atoms with van der Waals surface area (Å²) in [5, 5.41) is 3.73. The second kappa shape index (κ2) is 7.78. The van der Waals surface area contributed by atoms with E-state index in [1.54, 1.807) is 6.07 Å². The molecule has 0 saturated carbocycles. The van der Waals surface area contributed by atoms with Crippen molar-refractivity contribution in [2.45, 2.75) is 20.3 Å². The van der Waals surface area contributed by atoms with Crippen molar-refractivity contribution in [2.24, 2.45) is 0 Å². The molecule has 6 heteroatoms. The first-order valence-electron chi connectivity index (χ1n) is 10.3. The summed E-state index contributed by atoms with van der Waals surface area (Å²) < 4.78 is 13.5. The Morgan fingerprint density at radius 3 is 2.81 bits per heavy atom. The van der Waals surface area contributed by atoms with Crippen LogP contribution in [0.2, 0.25) is 0 Å². The Balaban J connectivity index is 1.34. The Morgan fingerprint density at radius 1 is 1.16 bits per heavy atom. The molecular weight excluding hydrogens is 409 g/mol. The average Bonchev–Trinajstić information content (AvgIpc) is 3.40. The number of thiazole rings is 1. The molecule has 5 rings (SSSR count). The molecule has 0 atom stereocenters. The van der Waals surface area contributed by atoms with Crippen molar-refractivity contribution in [1.82, 2.24) is 14.9 Å². The largest absolute Gasteiger partial charge is 0.360 e. The quantitative estimate of drug-likeness (QED) is 0.434. The van der Waals surface area contributed by atoms with Gasteiger partial charge >= 0.3 is 0 Å².